The van der Waals surface area contributed by atoms with Gasteiger partial charge in [-0.3, -0.25) is 4.79 Å². The number of unbranched alkanes of at least 4 members (excludes halogenated alkanes) is 1. The average molecular weight is 267 g/mol. The first kappa shape index (κ1) is 14.3. The number of amides is 1. The monoisotopic (exact) mass is 267 g/mol. The molecule has 2 aromatic carbocycles. The number of carbonyl (C=O) groups excluding carboxylic acids is 1. The van der Waals surface area contributed by atoms with Crippen molar-refractivity contribution < 1.29 is 4.79 Å². The number of nitrogens with one attached hydrogen (secondary N) is 1. The maximum absolute atomic E-state index is 12.0. The minimum Gasteiger partial charge on any atom is -0.345 e. The molecular formula is C18H21NO. The minimum absolute atomic E-state index is 0.0678. The lowest BCUT2D eigenvalue weighted by Gasteiger charge is -2.20. The van der Waals surface area contributed by atoms with Crippen LogP contribution in [-0.4, -0.2) is 5.91 Å². The number of carbonyl (C=O) groups is 1. The van der Waals surface area contributed by atoms with Crippen LogP contribution in [0.2, 0.25) is 0 Å². The number of benzene rings is 2. The zero-order valence-electron chi connectivity index (χ0n) is 11.9. The predicted octanol–water partition coefficient (Wildman–Crippen LogP) is 4.08. The van der Waals surface area contributed by atoms with Crippen LogP contribution in [0.1, 0.15) is 43.4 Å². The first-order valence-electron chi connectivity index (χ1n) is 7.20. The number of hydrogen-bond donors (Lipinski definition) is 1. The molecule has 0 atom stereocenters. The van der Waals surface area contributed by atoms with E-state index in [1.54, 1.807) is 0 Å². The van der Waals surface area contributed by atoms with Gasteiger partial charge in [0.1, 0.15) is 0 Å². The molecule has 2 aromatic rings. The van der Waals surface area contributed by atoms with Crippen molar-refractivity contribution in [3.05, 3.63) is 71.8 Å². The molecule has 0 fully saturated rings. The van der Waals surface area contributed by atoms with Crippen molar-refractivity contribution in [1.29, 1.82) is 0 Å². The molecule has 20 heavy (non-hydrogen) atoms. The van der Waals surface area contributed by atoms with Crippen molar-refractivity contribution in [2.45, 2.75) is 32.2 Å². The molecule has 0 saturated heterocycles. The van der Waals surface area contributed by atoms with Gasteiger partial charge in [0.2, 0.25) is 5.91 Å². The van der Waals surface area contributed by atoms with E-state index >= 15 is 0 Å². The van der Waals surface area contributed by atoms with Gasteiger partial charge in [-0.15, -0.1) is 0 Å². The second-order valence-electron chi connectivity index (χ2n) is 4.93. The molecule has 0 aliphatic carbocycles. The molecule has 0 heterocycles. The van der Waals surface area contributed by atoms with E-state index in [1.807, 2.05) is 36.4 Å². The summed E-state index contributed by atoms with van der Waals surface area (Å²) in [4.78, 5) is 12.0. The van der Waals surface area contributed by atoms with E-state index in [-0.39, 0.29) is 11.9 Å². The van der Waals surface area contributed by atoms with Gasteiger partial charge in [0.15, 0.2) is 0 Å². The fraction of sp³-hybridized carbons (Fsp3) is 0.278. The Labute approximate surface area is 120 Å². The van der Waals surface area contributed by atoms with Gasteiger partial charge < -0.3 is 5.32 Å². The third kappa shape index (κ3) is 3.95. The van der Waals surface area contributed by atoms with Crippen LogP contribution in [0.3, 0.4) is 0 Å². The van der Waals surface area contributed by atoms with Gasteiger partial charge in [0.25, 0.3) is 0 Å². The predicted molar refractivity (Wildman–Crippen MR) is 82.4 cm³/mol. The molecule has 0 bridgehead atoms. The van der Waals surface area contributed by atoms with Crippen molar-refractivity contribution >= 4 is 5.91 Å². The Bertz CT molecular complexity index is 482. The molecule has 0 aliphatic rings. The van der Waals surface area contributed by atoms with E-state index in [1.165, 1.54) is 0 Å². The standard InChI is InChI=1S/C18H21NO/c1-2-3-14-17(20)19-18(15-10-6-4-7-11-15)16-12-8-5-9-13-16/h4-13,18H,2-3,14H2,1H3,(H,19,20). The van der Waals surface area contributed by atoms with Crippen LogP contribution in [0.4, 0.5) is 0 Å². The molecule has 1 amide bonds. The molecule has 104 valence electrons. The van der Waals surface area contributed by atoms with Crippen molar-refractivity contribution in [2.75, 3.05) is 0 Å². The molecule has 0 spiro atoms. The van der Waals surface area contributed by atoms with Gasteiger partial charge in [0.05, 0.1) is 6.04 Å². The summed E-state index contributed by atoms with van der Waals surface area (Å²) in [6, 6.07) is 20.1. The van der Waals surface area contributed by atoms with Crippen LogP contribution < -0.4 is 5.32 Å². The van der Waals surface area contributed by atoms with E-state index in [4.69, 9.17) is 0 Å². The molecule has 1 N–H and O–H groups in total. The van der Waals surface area contributed by atoms with Crippen LogP contribution in [0.15, 0.2) is 60.7 Å². The molecule has 0 radical (unpaired) electrons. The summed E-state index contributed by atoms with van der Waals surface area (Å²) in [5.41, 5.74) is 2.23. The quantitative estimate of drug-likeness (QED) is 0.839. The highest BCUT2D eigenvalue weighted by atomic mass is 16.1. The lowest BCUT2D eigenvalue weighted by molar-refractivity contribution is -0.121. The Morgan fingerprint density at radius 2 is 1.45 bits per heavy atom. The normalized spacial score (nSPS) is 10.5. The third-order valence-corrected chi connectivity index (χ3v) is 3.33. The summed E-state index contributed by atoms with van der Waals surface area (Å²) in [5.74, 6) is 0.115. The van der Waals surface area contributed by atoms with Crippen LogP contribution >= 0.6 is 0 Å². The molecule has 0 saturated carbocycles. The van der Waals surface area contributed by atoms with Crippen LogP contribution in [-0.2, 0) is 4.79 Å². The minimum atomic E-state index is -0.0678. The maximum Gasteiger partial charge on any atom is 0.220 e. The van der Waals surface area contributed by atoms with Gasteiger partial charge in [0, 0.05) is 6.42 Å². The Morgan fingerprint density at radius 1 is 0.950 bits per heavy atom. The fourth-order valence-electron chi connectivity index (χ4n) is 2.22. The first-order chi connectivity index (χ1) is 9.81. The average Bonchev–Trinajstić information content (AvgIpc) is 2.52. The number of hydrogen-bond acceptors (Lipinski definition) is 1. The molecule has 0 aromatic heterocycles. The zero-order chi connectivity index (χ0) is 14.2. The van der Waals surface area contributed by atoms with Crippen LogP contribution in [0.25, 0.3) is 0 Å². The highest BCUT2D eigenvalue weighted by molar-refractivity contribution is 5.76. The van der Waals surface area contributed by atoms with E-state index in [0.29, 0.717) is 6.42 Å². The van der Waals surface area contributed by atoms with Crippen molar-refractivity contribution in [2.24, 2.45) is 0 Å². The number of rotatable bonds is 6. The molecular weight excluding hydrogens is 246 g/mol. The van der Waals surface area contributed by atoms with Crippen molar-refractivity contribution in [3.63, 3.8) is 0 Å². The Hall–Kier alpha value is -2.09. The Kier molecular flexibility index (Phi) is 5.36. The highest BCUT2D eigenvalue weighted by Gasteiger charge is 2.15. The van der Waals surface area contributed by atoms with Gasteiger partial charge in [-0.05, 0) is 17.5 Å². The lowest BCUT2D eigenvalue weighted by atomic mass is 9.98. The summed E-state index contributed by atoms with van der Waals surface area (Å²) >= 11 is 0. The fourth-order valence-corrected chi connectivity index (χ4v) is 2.22. The van der Waals surface area contributed by atoms with Gasteiger partial charge in [-0.25, -0.2) is 0 Å². The van der Waals surface area contributed by atoms with Crippen molar-refractivity contribution in [3.8, 4) is 0 Å². The van der Waals surface area contributed by atoms with Crippen molar-refractivity contribution in [1.82, 2.24) is 5.32 Å². The Balaban J connectivity index is 2.19. The topological polar surface area (TPSA) is 29.1 Å². The first-order valence-corrected chi connectivity index (χ1v) is 7.20. The SMILES string of the molecule is CCCCC(=O)NC(c1ccccc1)c1ccccc1. The molecule has 0 unspecified atom stereocenters. The van der Waals surface area contributed by atoms with Crippen LogP contribution in [0, 0.1) is 0 Å². The summed E-state index contributed by atoms with van der Waals surface area (Å²) in [6.07, 6.45) is 2.56. The zero-order valence-corrected chi connectivity index (χ0v) is 11.9. The van der Waals surface area contributed by atoms with Crippen LogP contribution in [0.5, 0.6) is 0 Å². The Morgan fingerprint density at radius 3 is 1.90 bits per heavy atom. The maximum atomic E-state index is 12.0. The molecule has 2 rings (SSSR count). The molecule has 2 heteroatoms. The summed E-state index contributed by atoms with van der Waals surface area (Å²) in [6.45, 7) is 2.10. The summed E-state index contributed by atoms with van der Waals surface area (Å²) < 4.78 is 0. The summed E-state index contributed by atoms with van der Waals surface area (Å²) in [7, 11) is 0. The second-order valence-corrected chi connectivity index (χ2v) is 4.93. The second kappa shape index (κ2) is 7.49. The van der Waals surface area contributed by atoms with E-state index in [0.717, 1.165) is 24.0 Å². The van der Waals surface area contributed by atoms with E-state index in [9.17, 15) is 4.79 Å². The smallest absolute Gasteiger partial charge is 0.220 e. The van der Waals surface area contributed by atoms with Gasteiger partial charge in [-0.2, -0.15) is 0 Å². The largest absolute Gasteiger partial charge is 0.345 e. The van der Waals surface area contributed by atoms with Gasteiger partial charge in [-0.1, -0.05) is 74.0 Å². The highest BCUT2D eigenvalue weighted by Crippen LogP contribution is 2.21. The van der Waals surface area contributed by atoms with E-state index in [2.05, 4.69) is 36.5 Å². The summed E-state index contributed by atoms with van der Waals surface area (Å²) in [5, 5.41) is 3.15. The molecule has 0 aliphatic heterocycles. The van der Waals surface area contributed by atoms with Gasteiger partial charge >= 0.3 is 0 Å². The third-order valence-electron chi connectivity index (χ3n) is 3.33. The van der Waals surface area contributed by atoms with E-state index < -0.39 is 0 Å². The lowest BCUT2D eigenvalue weighted by Crippen LogP contribution is -2.29. The molecule has 2 nitrogen and oxygen atoms in total.